The molecule has 0 radical (unpaired) electrons. The summed E-state index contributed by atoms with van der Waals surface area (Å²) in [5.41, 5.74) is -0.733. The Balaban J connectivity index is 1.61. The van der Waals surface area contributed by atoms with Gasteiger partial charge in [-0.2, -0.15) is 13.2 Å². The minimum Gasteiger partial charge on any atom is -0.327 e. The fourth-order valence-electron chi connectivity index (χ4n) is 3.54. The van der Waals surface area contributed by atoms with E-state index in [9.17, 15) is 26.7 Å². The molecule has 0 spiro atoms. The average molecular weight is 527 g/mol. The van der Waals surface area contributed by atoms with E-state index >= 15 is 0 Å². The predicted octanol–water partition coefficient (Wildman–Crippen LogP) is 5.39. The number of fused-ring (bicyclic) bond motifs is 1. The fraction of sp³-hybridized carbons (Fsp3) is 0.0833. The van der Waals surface area contributed by atoms with Crippen molar-refractivity contribution in [3.63, 3.8) is 0 Å². The molecule has 0 aliphatic rings. The highest BCUT2D eigenvalue weighted by Gasteiger charge is 2.31. The summed E-state index contributed by atoms with van der Waals surface area (Å²) in [6.45, 7) is 0. The fourth-order valence-corrected chi connectivity index (χ4v) is 3.54. The van der Waals surface area contributed by atoms with Gasteiger partial charge in [-0.05, 0) is 40.6 Å². The molecule has 9 nitrogen and oxygen atoms in total. The largest absolute Gasteiger partial charge is 0.417 e. The van der Waals surface area contributed by atoms with Gasteiger partial charge in [0.05, 0.1) is 16.9 Å². The molecule has 0 fully saturated rings. The molecule has 2 aromatic carbocycles. The van der Waals surface area contributed by atoms with Gasteiger partial charge in [0, 0.05) is 37.1 Å². The third-order valence-corrected chi connectivity index (χ3v) is 5.42. The summed E-state index contributed by atoms with van der Waals surface area (Å²) in [5.74, 6) is -2.87. The summed E-state index contributed by atoms with van der Waals surface area (Å²) in [5, 5.41) is 10.0. The van der Waals surface area contributed by atoms with Crippen LogP contribution in [0, 0.1) is 11.6 Å². The second-order valence-electron chi connectivity index (χ2n) is 7.94. The molecule has 38 heavy (non-hydrogen) atoms. The summed E-state index contributed by atoms with van der Waals surface area (Å²) < 4.78 is 72.5. The average Bonchev–Trinajstić information content (AvgIpc) is 3.38. The van der Waals surface area contributed by atoms with E-state index in [1.165, 1.54) is 24.1 Å². The van der Waals surface area contributed by atoms with E-state index in [1.807, 2.05) is 0 Å². The standard InChI is InChI=1S/C24H14F5N7O2/c1-36(19-6-5-14(25)8-15(19)26)20-9-18(23(37)32-16-3-2-4-17-21(16)35-38-34-17)31-22(33-20)12-7-13(11-30-10-12)24(27,28)29/h2-11H,1H3,(H,32,37). The third-order valence-electron chi connectivity index (χ3n) is 5.42. The molecule has 0 unspecified atom stereocenters. The van der Waals surface area contributed by atoms with E-state index in [0.717, 1.165) is 24.4 Å². The van der Waals surface area contributed by atoms with E-state index in [2.05, 4.69) is 35.2 Å². The van der Waals surface area contributed by atoms with E-state index in [1.54, 1.807) is 12.1 Å². The van der Waals surface area contributed by atoms with Crippen molar-refractivity contribution >= 4 is 34.1 Å². The number of amides is 1. The van der Waals surface area contributed by atoms with Crippen LogP contribution in [0.15, 0.2) is 65.6 Å². The lowest BCUT2D eigenvalue weighted by Crippen LogP contribution is -2.19. The first-order valence-corrected chi connectivity index (χ1v) is 10.7. The number of halogens is 5. The first-order chi connectivity index (χ1) is 18.1. The second-order valence-corrected chi connectivity index (χ2v) is 7.94. The van der Waals surface area contributed by atoms with Gasteiger partial charge in [-0.25, -0.2) is 23.4 Å². The van der Waals surface area contributed by atoms with E-state index < -0.39 is 29.3 Å². The molecule has 1 amide bonds. The molecule has 1 N–H and O–H groups in total. The van der Waals surface area contributed by atoms with Crippen molar-refractivity contribution in [1.29, 1.82) is 0 Å². The highest BCUT2D eigenvalue weighted by Crippen LogP contribution is 2.32. The van der Waals surface area contributed by atoms with Gasteiger partial charge in [0.1, 0.15) is 28.7 Å². The molecule has 0 saturated heterocycles. The maximum absolute atomic E-state index is 14.5. The molecule has 5 rings (SSSR count). The normalized spacial score (nSPS) is 11.5. The Morgan fingerprint density at radius 2 is 1.82 bits per heavy atom. The molecular formula is C24H14F5N7O2. The van der Waals surface area contributed by atoms with Crippen LogP contribution >= 0.6 is 0 Å². The van der Waals surface area contributed by atoms with Crippen LogP contribution in [0.5, 0.6) is 0 Å². The number of carbonyl (C=O) groups excluding carboxylic acids is 1. The van der Waals surface area contributed by atoms with E-state index in [4.69, 9.17) is 0 Å². The Kier molecular flexibility index (Phi) is 6.14. The van der Waals surface area contributed by atoms with E-state index in [-0.39, 0.29) is 39.8 Å². The molecule has 0 aliphatic heterocycles. The van der Waals surface area contributed by atoms with Crippen molar-refractivity contribution in [2.75, 3.05) is 17.3 Å². The van der Waals surface area contributed by atoms with Gasteiger partial charge < -0.3 is 10.2 Å². The van der Waals surface area contributed by atoms with Crippen molar-refractivity contribution in [3.8, 4) is 11.4 Å². The molecule has 3 aromatic heterocycles. The molecule has 0 saturated carbocycles. The number of benzene rings is 2. The van der Waals surface area contributed by atoms with Gasteiger partial charge in [0.15, 0.2) is 11.3 Å². The number of nitrogens with one attached hydrogen (secondary N) is 1. The first kappa shape index (κ1) is 24.7. The Morgan fingerprint density at radius 1 is 1.00 bits per heavy atom. The summed E-state index contributed by atoms with van der Waals surface area (Å²) >= 11 is 0. The van der Waals surface area contributed by atoms with Crippen molar-refractivity contribution in [3.05, 3.63) is 83.8 Å². The summed E-state index contributed by atoms with van der Waals surface area (Å²) in [4.78, 5) is 26.4. The zero-order valence-electron chi connectivity index (χ0n) is 19.2. The van der Waals surface area contributed by atoms with Crippen molar-refractivity contribution in [1.82, 2.24) is 25.3 Å². The molecule has 0 bridgehead atoms. The highest BCUT2D eigenvalue weighted by molar-refractivity contribution is 6.07. The summed E-state index contributed by atoms with van der Waals surface area (Å²) in [7, 11) is 1.39. The van der Waals surface area contributed by atoms with Gasteiger partial charge in [-0.15, -0.1) is 0 Å². The number of carbonyl (C=O) groups is 1. The van der Waals surface area contributed by atoms with Crippen molar-refractivity contribution in [2.45, 2.75) is 6.18 Å². The molecule has 192 valence electrons. The van der Waals surface area contributed by atoms with Crippen LogP contribution < -0.4 is 10.2 Å². The number of pyridine rings is 1. The van der Waals surface area contributed by atoms with Crippen molar-refractivity contribution < 1.29 is 31.4 Å². The van der Waals surface area contributed by atoms with Crippen LogP contribution in [0.3, 0.4) is 0 Å². The highest BCUT2D eigenvalue weighted by atomic mass is 19.4. The minimum atomic E-state index is -4.70. The number of nitrogens with zero attached hydrogens (tertiary/aromatic N) is 6. The molecule has 5 aromatic rings. The van der Waals surface area contributed by atoms with Gasteiger partial charge in [-0.1, -0.05) is 6.07 Å². The predicted molar refractivity (Wildman–Crippen MR) is 124 cm³/mol. The molecule has 14 heteroatoms. The van der Waals surface area contributed by atoms with Gasteiger partial charge in [0.2, 0.25) is 0 Å². The Morgan fingerprint density at radius 3 is 2.58 bits per heavy atom. The lowest BCUT2D eigenvalue weighted by Gasteiger charge is -2.20. The summed E-state index contributed by atoms with van der Waals surface area (Å²) in [6, 6.07) is 9.53. The molecule has 0 atom stereocenters. The molecular weight excluding hydrogens is 513 g/mol. The van der Waals surface area contributed by atoms with Crippen molar-refractivity contribution in [2.24, 2.45) is 0 Å². The van der Waals surface area contributed by atoms with Gasteiger partial charge in [0.25, 0.3) is 5.91 Å². The maximum Gasteiger partial charge on any atom is 0.417 e. The van der Waals surface area contributed by atoms with Crippen LogP contribution in [0.25, 0.3) is 22.4 Å². The Labute approximate surface area is 209 Å². The lowest BCUT2D eigenvalue weighted by molar-refractivity contribution is -0.137. The summed E-state index contributed by atoms with van der Waals surface area (Å²) in [6.07, 6.45) is -2.97. The number of aromatic nitrogens is 5. The lowest BCUT2D eigenvalue weighted by atomic mass is 10.2. The maximum atomic E-state index is 14.5. The smallest absolute Gasteiger partial charge is 0.327 e. The zero-order valence-corrected chi connectivity index (χ0v) is 19.2. The van der Waals surface area contributed by atoms with Crippen LogP contribution in [0.1, 0.15) is 16.1 Å². The Hall–Kier alpha value is -5.01. The molecule has 0 aliphatic carbocycles. The number of rotatable bonds is 5. The minimum absolute atomic E-state index is 0.0654. The monoisotopic (exact) mass is 527 g/mol. The molecule has 3 heterocycles. The number of hydrogen-bond donors (Lipinski definition) is 1. The van der Waals surface area contributed by atoms with Crippen LogP contribution in [0.4, 0.5) is 39.1 Å². The van der Waals surface area contributed by atoms with Crippen LogP contribution in [-0.4, -0.2) is 38.2 Å². The van der Waals surface area contributed by atoms with Gasteiger partial charge >= 0.3 is 6.18 Å². The third kappa shape index (κ3) is 4.83. The quantitative estimate of drug-likeness (QED) is 0.303. The number of hydrogen-bond acceptors (Lipinski definition) is 8. The SMILES string of the molecule is CN(c1cc(C(=O)Nc2cccc3nonc23)nc(-c2cncc(C(F)(F)F)c2)n1)c1ccc(F)cc1F. The van der Waals surface area contributed by atoms with Crippen LogP contribution in [-0.2, 0) is 6.18 Å². The number of anilines is 3. The van der Waals surface area contributed by atoms with Crippen LogP contribution in [0.2, 0.25) is 0 Å². The van der Waals surface area contributed by atoms with E-state index in [0.29, 0.717) is 17.8 Å². The zero-order chi connectivity index (χ0) is 27.0. The second kappa shape index (κ2) is 9.46. The first-order valence-electron chi connectivity index (χ1n) is 10.7. The topological polar surface area (TPSA) is 110 Å². The number of alkyl halides is 3. The van der Waals surface area contributed by atoms with Gasteiger partial charge in [-0.3, -0.25) is 9.78 Å². The Bertz CT molecular complexity index is 1670.